The van der Waals surface area contributed by atoms with E-state index in [4.69, 9.17) is 20.6 Å². The number of phosphoric ester groups is 1. The first-order chi connectivity index (χ1) is 19.2. The Morgan fingerprint density at radius 3 is 2.05 bits per heavy atom. The van der Waals surface area contributed by atoms with E-state index in [2.05, 4.69) is 20.5 Å². The third kappa shape index (κ3) is 13.2. The van der Waals surface area contributed by atoms with Crippen molar-refractivity contribution in [1.82, 2.24) is 16.0 Å². The van der Waals surface area contributed by atoms with Crippen LogP contribution in [0.1, 0.15) is 70.3 Å². The third-order valence-electron chi connectivity index (χ3n) is 6.81. The summed E-state index contributed by atoms with van der Waals surface area (Å²) in [7, 11) is -4.76. The van der Waals surface area contributed by atoms with Gasteiger partial charge in [-0.1, -0.05) is 44.2 Å². The monoisotopic (exact) mass is 598 g/mol. The fraction of sp³-hybridized carbons (Fsp3) is 0.577. The van der Waals surface area contributed by atoms with Gasteiger partial charge in [0.2, 0.25) is 23.6 Å². The predicted octanol–water partition coefficient (Wildman–Crippen LogP) is 0.886. The quantitative estimate of drug-likeness (QED) is 0.133. The minimum atomic E-state index is -4.76. The number of hydrogen-bond donors (Lipinski definition) is 7. The second-order valence-electron chi connectivity index (χ2n) is 10.2. The summed E-state index contributed by atoms with van der Waals surface area (Å²) in [6.45, 7) is 1.19. The van der Waals surface area contributed by atoms with Gasteiger partial charge < -0.3 is 31.3 Å². The zero-order valence-corrected chi connectivity index (χ0v) is 23.8. The minimum Gasteiger partial charge on any atom is -0.481 e. The van der Waals surface area contributed by atoms with E-state index >= 15 is 0 Å². The van der Waals surface area contributed by atoms with Crippen LogP contribution in [0.2, 0.25) is 0 Å². The number of nitrogens with two attached hydrogens (primary N) is 1. The number of carbonyl (C=O) groups is 5. The average molecular weight is 599 g/mol. The molecule has 1 aromatic rings. The molecule has 1 aromatic carbocycles. The number of rotatable bonds is 16. The van der Waals surface area contributed by atoms with Crippen molar-refractivity contribution in [3.05, 3.63) is 29.8 Å². The molecule has 0 unspecified atom stereocenters. The van der Waals surface area contributed by atoms with E-state index in [9.17, 15) is 28.5 Å². The molecule has 1 fully saturated rings. The molecule has 228 valence electrons. The van der Waals surface area contributed by atoms with Crippen LogP contribution in [0, 0.1) is 5.92 Å². The first kappa shape index (κ1) is 33.7. The Kier molecular flexibility index (Phi) is 13.2. The van der Waals surface area contributed by atoms with E-state index in [1.807, 2.05) is 0 Å². The highest BCUT2D eigenvalue weighted by Crippen LogP contribution is 2.37. The van der Waals surface area contributed by atoms with Crippen molar-refractivity contribution in [1.29, 1.82) is 0 Å². The first-order valence-corrected chi connectivity index (χ1v) is 15.0. The molecular formula is C26H39N4O10P. The summed E-state index contributed by atoms with van der Waals surface area (Å²) < 4.78 is 15.5. The molecule has 41 heavy (non-hydrogen) atoms. The second-order valence-corrected chi connectivity index (χ2v) is 11.4. The lowest BCUT2D eigenvalue weighted by Crippen LogP contribution is -2.56. The molecule has 0 aromatic heterocycles. The minimum absolute atomic E-state index is 0.0693. The zero-order valence-electron chi connectivity index (χ0n) is 22.9. The van der Waals surface area contributed by atoms with Crippen molar-refractivity contribution in [2.75, 3.05) is 0 Å². The highest BCUT2D eigenvalue weighted by Gasteiger charge is 2.30. The van der Waals surface area contributed by atoms with E-state index in [0.717, 1.165) is 25.7 Å². The number of carboxylic acids is 1. The van der Waals surface area contributed by atoms with Crippen molar-refractivity contribution in [3.8, 4) is 5.75 Å². The normalized spacial score (nSPS) is 16.1. The number of carbonyl (C=O) groups excluding carboxylic acids is 4. The van der Waals surface area contributed by atoms with Gasteiger partial charge >= 0.3 is 13.8 Å². The van der Waals surface area contributed by atoms with Crippen molar-refractivity contribution in [2.24, 2.45) is 11.7 Å². The largest absolute Gasteiger partial charge is 0.524 e. The van der Waals surface area contributed by atoms with Gasteiger partial charge in [0.15, 0.2) is 0 Å². The fourth-order valence-corrected chi connectivity index (χ4v) is 5.16. The zero-order chi connectivity index (χ0) is 30.6. The summed E-state index contributed by atoms with van der Waals surface area (Å²) in [4.78, 5) is 79.3. The van der Waals surface area contributed by atoms with Gasteiger partial charge in [-0.15, -0.1) is 0 Å². The van der Waals surface area contributed by atoms with Crippen molar-refractivity contribution in [3.63, 3.8) is 0 Å². The second kappa shape index (κ2) is 16.1. The molecule has 1 aliphatic carbocycles. The summed E-state index contributed by atoms with van der Waals surface area (Å²) >= 11 is 0. The van der Waals surface area contributed by atoms with Gasteiger partial charge in [-0.3, -0.25) is 33.8 Å². The van der Waals surface area contributed by atoms with Crippen LogP contribution in [0.25, 0.3) is 0 Å². The number of aliphatic carboxylic acids is 1. The SMILES string of the molecule is CC(=O)N[C@@H](Cc1ccc(OP(=O)(O)O)cc1)C(=O)N[C@@H](CCC(=O)O)C(=O)N[C@H](CCC1CCCCC1)C(N)=O. The Bertz CT molecular complexity index is 1120. The van der Waals surface area contributed by atoms with Crippen LogP contribution in [-0.2, 0) is 35.0 Å². The number of amides is 4. The van der Waals surface area contributed by atoms with E-state index in [0.29, 0.717) is 24.3 Å². The topological polar surface area (TPSA) is 234 Å². The summed E-state index contributed by atoms with van der Waals surface area (Å²) in [6.07, 6.45) is 5.71. The molecule has 14 nitrogen and oxygen atoms in total. The molecule has 4 amide bonds. The Hall–Kier alpha value is -3.48. The summed E-state index contributed by atoms with van der Waals surface area (Å²) in [5.41, 5.74) is 6.01. The lowest BCUT2D eigenvalue weighted by Gasteiger charge is -2.26. The van der Waals surface area contributed by atoms with Crippen LogP contribution < -0.4 is 26.2 Å². The number of benzene rings is 1. The molecule has 0 heterocycles. The van der Waals surface area contributed by atoms with E-state index in [1.165, 1.54) is 37.6 Å². The summed E-state index contributed by atoms with van der Waals surface area (Å²) in [6, 6.07) is 1.92. The summed E-state index contributed by atoms with van der Waals surface area (Å²) in [5.74, 6) is -3.71. The van der Waals surface area contributed by atoms with E-state index in [1.54, 1.807) is 0 Å². The molecule has 8 N–H and O–H groups in total. The number of phosphoric acid groups is 1. The molecule has 0 spiro atoms. The van der Waals surface area contributed by atoms with Gasteiger partial charge in [-0.2, -0.15) is 0 Å². The predicted molar refractivity (Wildman–Crippen MR) is 146 cm³/mol. The van der Waals surface area contributed by atoms with E-state index < -0.39 is 62.0 Å². The van der Waals surface area contributed by atoms with Gasteiger partial charge in [-0.05, 0) is 42.9 Å². The molecule has 15 heteroatoms. The molecule has 1 aliphatic rings. The molecule has 2 rings (SSSR count). The molecule has 0 saturated heterocycles. The van der Waals surface area contributed by atoms with Crippen LogP contribution in [-0.4, -0.2) is 62.6 Å². The van der Waals surface area contributed by atoms with Crippen LogP contribution in [0.4, 0.5) is 0 Å². The van der Waals surface area contributed by atoms with Crippen LogP contribution in [0.5, 0.6) is 5.75 Å². The first-order valence-electron chi connectivity index (χ1n) is 13.5. The standard InChI is InChI=1S/C26H39N4O10P/c1-16(31)28-22(15-18-7-10-19(11-8-18)40-41(37,38)39)26(36)30-21(13-14-23(32)33)25(35)29-20(24(27)34)12-9-17-5-3-2-4-6-17/h7-8,10-11,17,20-22H,2-6,9,12-15H2,1H3,(H2,27,34)(H,28,31)(H,29,35)(H,30,36)(H,32,33)(H2,37,38,39)/t20-,21+,22+/m1/s1. The van der Waals surface area contributed by atoms with Crippen LogP contribution in [0.15, 0.2) is 24.3 Å². The molecule has 0 radical (unpaired) electrons. The maximum absolute atomic E-state index is 13.2. The summed E-state index contributed by atoms with van der Waals surface area (Å²) in [5, 5.41) is 16.7. The Balaban J connectivity index is 2.12. The Morgan fingerprint density at radius 2 is 1.51 bits per heavy atom. The van der Waals surface area contributed by atoms with Gasteiger partial charge in [-0.25, -0.2) is 4.57 Å². The fourth-order valence-electron chi connectivity index (χ4n) is 4.76. The molecule has 0 aliphatic heterocycles. The third-order valence-corrected chi connectivity index (χ3v) is 7.26. The number of hydrogen-bond acceptors (Lipinski definition) is 7. The Morgan fingerprint density at radius 1 is 0.927 bits per heavy atom. The smallest absolute Gasteiger partial charge is 0.481 e. The van der Waals surface area contributed by atoms with Crippen LogP contribution in [0.3, 0.4) is 0 Å². The highest BCUT2D eigenvalue weighted by atomic mass is 31.2. The number of nitrogens with one attached hydrogen (secondary N) is 3. The highest BCUT2D eigenvalue weighted by molar-refractivity contribution is 7.46. The molecular weight excluding hydrogens is 559 g/mol. The van der Waals surface area contributed by atoms with Gasteiger partial charge in [0.1, 0.15) is 23.9 Å². The molecule has 1 saturated carbocycles. The van der Waals surface area contributed by atoms with Crippen molar-refractivity contribution >= 4 is 37.4 Å². The van der Waals surface area contributed by atoms with Gasteiger partial charge in [0.05, 0.1) is 0 Å². The van der Waals surface area contributed by atoms with Gasteiger partial charge in [0, 0.05) is 19.8 Å². The lowest BCUT2D eigenvalue weighted by atomic mass is 9.85. The molecule has 0 bridgehead atoms. The average Bonchev–Trinajstić information content (AvgIpc) is 2.88. The number of carboxylic acid groups (broad SMARTS) is 1. The van der Waals surface area contributed by atoms with Crippen LogP contribution >= 0.6 is 7.82 Å². The van der Waals surface area contributed by atoms with Gasteiger partial charge in [0.25, 0.3) is 0 Å². The van der Waals surface area contributed by atoms with Crippen molar-refractivity contribution < 1.29 is 48.0 Å². The number of primary amides is 1. The maximum atomic E-state index is 13.2. The molecule has 3 atom stereocenters. The van der Waals surface area contributed by atoms with E-state index in [-0.39, 0.29) is 18.6 Å². The Labute approximate surface area is 238 Å². The van der Waals surface area contributed by atoms with Crippen molar-refractivity contribution in [2.45, 2.75) is 89.3 Å². The maximum Gasteiger partial charge on any atom is 0.524 e. The lowest BCUT2D eigenvalue weighted by molar-refractivity contribution is -0.138.